The number of rotatable bonds is 16. The molecule has 0 radical (unpaired) electrons. The van der Waals surface area contributed by atoms with Crippen molar-refractivity contribution in [3.05, 3.63) is 106 Å². The van der Waals surface area contributed by atoms with Crippen LogP contribution in [0.2, 0.25) is 0 Å². The summed E-state index contributed by atoms with van der Waals surface area (Å²) in [5.41, 5.74) is 4.58. The maximum absolute atomic E-state index is 12.1. The predicted molar refractivity (Wildman–Crippen MR) is 255 cm³/mol. The average molecular weight is 980 g/mol. The van der Waals surface area contributed by atoms with Gasteiger partial charge in [-0.15, -0.1) is 10.2 Å². The van der Waals surface area contributed by atoms with Crippen molar-refractivity contribution in [1.29, 1.82) is 0 Å². The maximum Gasteiger partial charge on any atom is 0.296 e. The molecule has 0 aliphatic heterocycles. The molecule has 24 heteroatoms. The highest BCUT2D eigenvalue weighted by Gasteiger charge is 2.22. The zero-order chi connectivity index (χ0) is 49.4. The highest BCUT2D eigenvalue weighted by molar-refractivity contribution is 7.86. The molecule has 0 aliphatic rings. The van der Waals surface area contributed by atoms with Crippen molar-refractivity contribution in [2.75, 3.05) is 61.2 Å². The molecule has 0 unspecified atom stereocenters. The quantitative estimate of drug-likeness (QED) is 0.0280. The van der Waals surface area contributed by atoms with Gasteiger partial charge in [0.25, 0.3) is 30.4 Å². The van der Waals surface area contributed by atoms with Gasteiger partial charge in [0, 0.05) is 43.9 Å². The second-order valence-electron chi connectivity index (χ2n) is 14.8. The third-order valence-electron chi connectivity index (χ3n) is 9.88. The van der Waals surface area contributed by atoms with Gasteiger partial charge in [0.1, 0.15) is 27.0 Å². The number of aliphatic hydroxyl groups is 2. The van der Waals surface area contributed by atoms with Crippen LogP contribution in [0.4, 0.5) is 40.3 Å². The number of fused-ring (bicyclic) bond motifs is 1. The van der Waals surface area contributed by atoms with E-state index in [9.17, 15) is 54.2 Å². The molecule has 0 amide bonds. The summed E-state index contributed by atoms with van der Waals surface area (Å²) in [5.74, 6) is -0.249. The lowest BCUT2D eigenvalue weighted by Gasteiger charge is -2.21. The monoisotopic (exact) mass is 979 g/mol. The van der Waals surface area contributed by atoms with Crippen molar-refractivity contribution < 1.29 is 54.2 Å². The van der Waals surface area contributed by atoms with E-state index in [-0.39, 0.29) is 76.8 Å². The number of aromatic hydroxyl groups is 1. The van der Waals surface area contributed by atoms with Crippen molar-refractivity contribution in [3.8, 4) is 5.75 Å². The maximum atomic E-state index is 12.1. The number of nitrogens with one attached hydrogen (secondary N) is 3. The van der Waals surface area contributed by atoms with E-state index in [1.165, 1.54) is 36.1 Å². The number of hydrogen-bond donors (Lipinski definition) is 9. The summed E-state index contributed by atoms with van der Waals surface area (Å²) in [6.45, 7) is 6.38. The van der Waals surface area contributed by atoms with Gasteiger partial charge in [0.05, 0.1) is 23.8 Å². The van der Waals surface area contributed by atoms with E-state index >= 15 is 0 Å². The van der Waals surface area contributed by atoms with Gasteiger partial charge in [0.2, 0.25) is 11.9 Å². The molecule has 0 fully saturated rings. The molecule has 9 N–H and O–H groups in total. The molecule has 1 heterocycles. The Morgan fingerprint density at radius 2 is 1.27 bits per heavy atom. The van der Waals surface area contributed by atoms with Crippen LogP contribution in [0.5, 0.6) is 5.75 Å². The molecule has 1 aromatic heterocycles. The van der Waals surface area contributed by atoms with Gasteiger partial charge in [0.15, 0.2) is 5.75 Å². The van der Waals surface area contributed by atoms with Gasteiger partial charge in [-0.05, 0) is 115 Å². The fraction of sp³-hybridized carbons (Fsp3) is 0.233. The summed E-state index contributed by atoms with van der Waals surface area (Å²) < 4.78 is 100. The zero-order valence-electron chi connectivity index (χ0n) is 37.0. The van der Waals surface area contributed by atoms with Crippen LogP contribution in [0.3, 0.4) is 0 Å². The largest absolute Gasteiger partial charge is 0.505 e. The summed E-state index contributed by atoms with van der Waals surface area (Å²) in [4.78, 5) is 13.1. The lowest BCUT2D eigenvalue weighted by Crippen LogP contribution is -2.31. The summed E-state index contributed by atoms with van der Waals surface area (Å²) >= 11 is 0. The third-order valence-corrected chi connectivity index (χ3v) is 12.5. The number of aromatic nitrogens is 3. The minimum absolute atomic E-state index is 0.0260. The Kier molecular flexibility index (Phi) is 16.3. The Balaban J connectivity index is 0.000000306. The van der Waals surface area contributed by atoms with Crippen molar-refractivity contribution in [3.63, 3.8) is 0 Å². The highest BCUT2D eigenvalue weighted by atomic mass is 32.2. The molecular formula is C43H49N9O12S3. The van der Waals surface area contributed by atoms with Crippen molar-refractivity contribution >= 4 is 93.6 Å². The first-order valence-corrected chi connectivity index (χ1v) is 24.3. The Labute approximate surface area is 387 Å². The molecule has 6 aromatic rings. The van der Waals surface area contributed by atoms with Crippen molar-refractivity contribution in [1.82, 2.24) is 15.0 Å². The molecule has 6 rings (SSSR count). The van der Waals surface area contributed by atoms with E-state index in [1.54, 1.807) is 45.2 Å². The number of nitrogens with zero attached hydrogens (tertiary/aromatic N) is 6. The fourth-order valence-corrected chi connectivity index (χ4v) is 8.56. The third kappa shape index (κ3) is 13.0. The van der Waals surface area contributed by atoms with E-state index < -0.39 is 45.9 Å². The number of phenolic OH excluding ortho intramolecular Hbond substituents is 1. The van der Waals surface area contributed by atoms with Gasteiger partial charge in [-0.25, -0.2) is 0 Å². The van der Waals surface area contributed by atoms with E-state index in [0.29, 0.717) is 22.4 Å². The zero-order valence-corrected chi connectivity index (χ0v) is 39.4. The van der Waals surface area contributed by atoms with E-state index in [4.69, 9.17) is 0 Å². The van der Waals surface area contributed by atoms with Crippen LogP contribution in [-0.2, 0) is 30.4 Å². The second kappa shape index (κ2) is 21.3. The molecule has 0 bridgehead atoms. The Morgan fingerprint density at radius 1 is 0.657 bits per heavy atom. The van der Waals surface area contributed by atoms with Crippen LogP contribution in [0, 0.1) is 27.7 Å². The van der Waals surface area contributed by atoms with Gasteiger partial charge in [-0.3, -0.25) is 13.7 Å². The summed E-state index contributed by atoms with van der Waals surface area (Å²) in [6, 6.07) is 18.5. The van der Waals surface area contributed by atoms with Crippen LogP contribution >= 0.6 is 0 Å². The van der Waals surface area contributed by atoms with Crippen molar-refractivity contribution in [2.45, 2.75) is 42.4 Å². The number of aliphatic hydroxyl groups excluding tert-OH is 2. The molecule has 0 atom stereocenters. The molecule has 0 saturated carbocycles. The average Bonchev–Trinajstić information content (AvgIpc) is 3.25. The number of phenols is 1. The van der Waals surface area contributed by atoms with Crippen LogP contribution < -0.4 is 20.9 Å². The summed E-state index contributed by atoms with van der Waals surface area (Å²) in [6.07, 6.45) is 3.52. The number of azo groups is 1. The predicted octanol–water partition coefficient (Wildman–Crippen LogP) is 6.59. The molecule has 5 aromatic carbocycles. The number of hydrogen-bond acceptors (Lipinski definition) is 18. The van der Waals surface area contributed by atoms with Gasteiger partial charge < -0.3 is 36.2 Å². The number of anilines is 5. The minimum atomic E-state index is -4.72. The van der Waals surface area contributed by atoms with Crippen LogP contribution in [0.1, 0.15) is 33.6 Å². The summed E-state index contributed by atoms with van der Waals surface area (Å²) in [7, 11) is -10.1. The van der Waals surface area contributed by atoms with Crippen molar-refractivity contribution in [2.24, 2.45) is 10.2 Å². The lowest BCUT2D eigenvalue weighted by molar-refractivity contribution is 0.280. The normalized spacial score (nSPS) is 12.0. The lowest BCUT2D eigenvalue weighted by atomic mass is 10.0. The molecule has 0 saturated heterocycles. The van der Waals surface area contributed by atoms with E-state index in [0.717, 1.165) is 28.9 Å². The second-order valence-corrected chi connectivity index (χ2v) is 19.0. The Morgan fingerprint density at radius 3 is 1.85 bits per heavy atom. The van der Waals surface area contributed by atoms with Crippen LogP contribution in [0.15, 0.2) is 97.7 Å². The molecule has 0 spiro atoms. The molecule has 356 valence electrons. The first kappa shape index (κ1) is 51.3. The van der Waals surface area contributed by atoms with Gasteiger partial charge in [-0.2, -0.15) is 40.2 Å². The smallest absolute Gasteiger partial charge is 0.296 e. The Bertz CT molecular complexity index is 3220. The standard InChI is InChI=1S/C26H29N7O9S2.C17H20N2O3S/c1-14-4-5-19(21(10-14)44(40,41)42)31-32-23-15(2)11-17-12-18(43(37,38)39)13-20(22(17)24(23)36)29-25-27-16(3)28-26(30-25)33(6-8-34)7-9-35;1-12-10-15(18-2)8-6-13(12)4-5-14-7-9-16(19-3)11-17(14)23(20,21)22/h4-5,10-13,34-36H,6-9H2,1-3H3,(H,37,38,39)(H,40,41,42)(H,27,28,29,30);4-11,18-19H,1-3H3,(H,20,21,22)/b;5-4+. The van der Waals surface area contributed by atoms with Crippen LogP contribution in [0.25, 0.3) is 22.9 Å². The first-order valence-electron chi connectivity index (χ1n) is 20.0. The van der Waals surface area contributed by atoms with E-state index in [2.05, 4.69) is 41.1 Å². The van der Waals surface area contributed by atoms with Gasteiger partial charge >= 0.3 is 0 Å². The first-order chi connectivity index (χ1) is 31.5. The molecular weight excluding hydrogens is 931 g/mol. The number of aryl methyl sites for hydroxylation is 4. The topological polar surface area (TPSA) is 327 Å². The summed E-state index contributed by atoms with van der Waals surface area (Å²) in [5, 5.41) is 47.2. The van der Waals surface area contributed by atoms with E-state index in [1.807, 2.05) is 38.2 Å². The molecule has 0 aliphatic carbocycles. The Hall–Kier alpha value is -6.64. The fourth-order valence-electron chi connectivity index (χ4n) is 6.60. The highest BCUT2D eigenvalue weighted by Crippen LogP contribution is 2.44. The van der Waals surface area contributed by atoms with Gasteiger partial charge in [-0.1, -0.05) is 30.4 Å². The SMILES string of the molecule is CNc1ccc(/C=C/c2ccc(NC)cc2S(=O)(=O)O)c(C)c1.Cc1ccc(N=Nc2c(C)cc3cc(S(=O)(=O)O)cc(Nc4nc(C)nc(N(CCO)CCO)n4)c3c2O)c(S(=O)(=O)O)c1. The van der Waals surface area contributed by atoms with Crippen LogP contribution in [-0.4, -0.2) is 110 Å². The molecule has 21 nitrogen and oxygen atoms in total. The minimum Gasteiger partial charge on any atom is -0.505 e. The molecule has 67 heavy (non-hydrogen) atoms. The number of benzene rings is 5.